The number of ether oxygens (including phenoxy) is 1. The number of carbonyl (C=O) groups is 3. The van der Waals surface area contributed by atoms with E-state index < -0.39 is 11.6 Å². The van der Waals surface area contributed by atoms with Gasteiger partial charge >= 0.3 is 0 Å². The molecule has 2 N–H and O–H groups in total. The molecule has 0 heterocycles. The highest BCUT2D eigenvalue weighted by Crippen LogP contribution is 2.41. The zero-order valence-electron chi connectivity index (χ0n) is 14.5. The van der Waals surface area contributed by atoms with Crippen LogP contribution >= 0.6 is 0 Å². The van der Waals surface area contributed by atoms with Crippen molar-refractivity contribution in [1.29, 1.82) is 0 Å². The molecule has 0 bridgehead atoms. The van der Waals surface area contributed by atoms with E-state index in [0.717, 1.165) is 0 Å². The van der Waals surface area contributed by atoms with E-state index in [9.17, 15) is 24.6 Å². The number of fused-ring (bicyclic) bond motifs is 2. The Labute approximate surface area is 150 Å². The van der Waals surface area contributed by atoms with Crippen LogP contribution in [0.1, 0.15) is 57.2 Å². The van der Waals surface area contributed by atoms with Crippen molar-refractivity contribution in [2.24, 2.45) is 0 Å². The van der Waals surface area contributed by atoms with Gasteiger partial charge in [-0.2, -0.15) is 0 Å². The second-order valence-corrected chi connectivity index (χ2v) is 6.12. The van der Waals surface area contributed by atoms with Crippen LogP contribution in [0.4, 0.5) is 0 Å². The Hall–Kier alpha value is -3.15. The molecule has 6 heteroatoms. The van der Waals surface area contributed by atoms with Gasteiger partial charge in [-0.1, -0.05) is 6.92 Å². The number of aryl methyl sites for hydroxylation is 1. The predicted molar refractivity (Wildman–Crippen MR) is 93.2 cm³/mol. The van der Waals surface area contributed by atoms with E-state index in [2.05, 4.69) is 0 Å². The quantitative estimate of drug-likeness (QED) is 0.731. The summed E-state index contributed by atoms with van der Waals surface area (Å²) in [6.07, 6.45) is 1.06. The Morgan fingerprint density at radius 1 is 1.00 bits per heavy atom. The van der Waals surface area contributed by atoms with Gasteiger partial charge in [0.2, 0.25) is 5.78 Å². The summed E-state index contributed by atoms with van der Waals surface area (Å²) in [5, 5.41) is 20.4. The first-order valence-corrected chi connectivity index (χ1v) is 8.26. The summed E-state index contributed by atoms with van der Waals surface area (Å²) in [5.74, 6) is -1.59. The average Bonchev–Trinajstić information content (AvgIpc) is 2.63. The monoisotopic (exact) mass is 354 g/mol. The van der Waals surface area contributed by atoms with Crippen LogP contribution in [0, 0.1) is 0 Å². The fourth-order valence-electron chi connectivity index (χ4n) is 3.17. The number of phenols is 2. The molecule has 0 radical (unpaired) electrons. The number of Topliss-reactive ketones (excluding diaryl/α,β-unsaturated/α-hetero) is 1. The Bertz CT molecular complexity index is 942. The summed E-state index contributed by atoms with van der Waals surface area (Å²) in [7, 11) is 1.37. The van der Waals surface area contributed by atoms with Gasteiger partial charge in [-0.25, -0.2) is 0 Å². The zero-order chi connectivity index (χ0) is 19.0. The molecule has 2 aromatic rings. The van der Waals surface area contributed by atoms with Gasteiger partial charge in [0.1, 0.15) is 23.0 Å². The lowest BCUT2D eigenvalue weighted by Crippen LogP contribution is -2.22. The maximum Gasteiger partial charge on any atom is 0.202 e. The van der Waals surface area contributed by atoms with Crippen molar-refractivity contribution in [3.63, 3.8) is 0 Å². The Morgan fingerprint density at radius 3 is 2.38 bits per heavy atom. The van der Waals surface area contributed by atoms with Crippen LogP contribution in [0.25, 0.3) is 0 Å². The van der Waals surface area contributed by atoms with E-state index in [1.165, 1.54) is 31.4 Å². The van der Waals surface area contributed by atoms with Crippen LogP contribution in [0.2, 0.25) is 0 Å². The van der Waals surface area contributed by atoms with Gasteiger partial charge in [0.25, 0.3) is 0 Å². The first kappa shape index (κ1) is 17.7. The highest BCUT2D eigenvalue weighted by atomic mass is 16.5. The molecule has 0 aromatic heterocycles. The summed E-state index contributed by atoms with van der Waals surface area (Å²) in [5.41, 5.74) is 0.297. The highest BCUT2D eigenvalue weighted by molar-refractivity contribution is 6.31. The maximum atomic E-state index is 13.0. The largest absolute Gasteiger partial charge is 0.507 e. The van der Waals surface area contributed by atoms with E-state index in [1.54, 1.807) is 6.92 Å². The topological polar surface area (TPSA) is 101 Å². The molecule has 0 aliphatic heterocycles. The first-order valence-electron chi connectivity index (χ1n) is 8.26. The summed E-state index contributed by atoms with van der Waals surface area (Å²) in [4.78, 5) is 37.3. The standard InChI is InChI=1S/C20H18O6/c1-3-11(21)5-4-10-8-12-16(14(23)9-10)20(25)17-13(22)6-7-15(26-2)18(17)19(12)24/h6-9,22-23H,3-5H2,1-2H3. The van der Waals surface area contributed by atoms with Crippen LogP contribution in [0.5, 0.6) is 17.2 Å². The summed E-state index contributed by atoms with van der Waals surface area (Å²) >= 11 is 0. The maximum absolute atomic E-state index is 13.0. The molecule has 0 spiro atoms. The summed E-state index contributed by atoms with van der Waals surface area (Å²) < 4.78 is 5.16. The Balaban J connectivity index is 2.14. The van der Waals surface area contributed by atoms with E-state index >= 15 is 0 Å². The minimum absolute atomic E-state index is 0.0221. The second kappa shape index (κ2) is 6.63. The fraction of sp³-hybridized carbons (Fsp3) is 0.250. The summed E-state index contributed by atoms with van der Waals surface area (Å²) in [6, 6.07) is 5.59. The molecule has 0 saturated heterocycles. The van der Waals surface area contributed by atoms with E-state index in [0.29, 0.717) is 18.4 Å². The molecule has 3 rings (SSSR count). The van der Waals surface area contributed by atoms with Crippen LogP contribution < -0.4 is 4.74 Å². The molecule has 134 valence electrons. The van der Waals surface area contributed by atoms with Crippen molar-refractivity contribution in [3.05, 3.63) is 52.1 Å². The number of carbonyl (C=O) groups excluding carboxylic acids is 3. The predicted octanol–water partition coefficient (Wildman–Crippen LogP) is 2.79. The smallest absolute Gasteiger partial charge is 0.202 e. The number of methoxy groups -OCH3 is 1. The Morgan fingerprint density at radius 2 is 1.73 bits per heavy atom. The molecule has 0 saturated carbocycles. The summed E-state index contributed by atoms with van der Waals surface area (Å²) in [6.45, 7) is 1.77. The van der Waals surface area contributed by atoms with Crippen LogP contribution in [0.15, 0.2) is 24.3 Å². The van der Waals surface area contributed by atoms with Gasteiger partial charge in [-0.15, -0.1) is 0 Å². The third-order valence-electron chi connectivity index (χ3n) is 4.56. The third kappa shape index (κ3) is 2.73. The van der Waals surface area contributed by atoms with Gasteiger partial charge in [-0.3, -0.25) is 14.4 Å². The normalized spacial score (nSPS) is 12.5. The highest BCUT2D eigenvalue weighted by Gasteiger charge is 2.36. The van der Waals surface area contributed by atoms with E-state index in [4.69, 9.17) is 4.74 Å². The van der Waals surface area contributed by atoms with Crippen LogP contribution in [-0.2, 0) is 11.2 Å². The number of hydrogen-bond acceptors (Lipinski definition) is 6. The number of rotatable bonds is 5. The molecule has 0 atom stereocenters. The molecular weight excluding hydrogens is 336 g/mol. The van der Waals surface area contributed by atoms with Crippen LogP contribution in [0.3, 0.4) is 0 Å². The van der Waals surface area contributed by atoms with Gasteiger partial charge in [0.15, 0.2) is 5.78 Å². The molecule has 0 amide bonds. The molecule has 6 nitrogen and oxygen atoms in total. The fourth-order valence-corrected chi connectivity index (χ4v) is 3.17. The Kier molecular flexibility index (Phi) is 4.50. The van der Waals surface area contributed by atoms with Crippen molar-refractivity contribution in [3.8, 4) is 17.2 Å². The molecule has 0 unspecified atom stereocenters. The number of ketones is 3. The SMILES string of the molecule is CCC(=O)CCc1cc(O)c2c(c1)C(=O)c1c(OC)ccc(O)c1C2=O. The van der Waals surface area contributed by atoms with E-state index in [1.807, 2.05) is 0 Å². The number of aromatic hydroxyl groups is 2. The van der Waals surface area contributed by atoms with Crippen molar-refractivity contribution in [2.45, 2.75) is 26.2 Å². The zero-order valence-corrected chi connectivity index (χ0v) is 14.5. The number of phenolic OH excluding ortho intramolecular Hbond substituents is 2. The molecule has 0 fully saturated rings. The average molecular weight is 354 g/mol. The molecule has 26 heavy (non-hydrogen) atoms. The third-order valence-corrected chi connectivity index (χ3v) is 4.56. The lowest BCUT2D eigenvalue weighted by molar-refractivity contribution is -0.118. The number of hydrogen-bond donors (Lipinski definition) is 2. The lowest BCUT2D eigenvalue weighted by atomic mass is 9.81. The van der Waals surface area contributed by atoms with Crippen molar-refractivity contribution < 1.29 is 29.3 Å². The van der Waals surface area contributed by atoms with Gasteiger partial charge in [0, 0.05) is 18.4 Å². The van der Waals surface area contributed by atoms with Crippen LogP contribution in [-0.4, -0.2) is 34.7 Å². The van der Waals surface area contributed by atoms with E-state index in [-0.39, 0.29) is 51.7 Å². The van der Waals surface area contributed by atoms with Gasteiger partial charge in [0.05, 0.1) is 23.8 Å². The van der Waals surface area contributed by atoms with Crippen molar-refractivity contribution >= 4 is 17.3 Å². The second-order valence-electron chi connectivity index (χ2n) is 6.12. The number of benzene rings is 2. The van der Waals surface area contributed by atoms with Crippen molar-refractivity contribution in [2.75, 3.05) is 7.11 Å². The lowest BCUT2D eigenvalue weighted by Gasteiger charge is -2.22. The van der Waals surface area contributed by atoms with Gasteiger partial charge in [-0.05, 0) is 36.2 Å². The first-order chi connectivity index (χ1) is 12.4. The van der Waals surface area contributed by atoms with Crippen molar-refractivity contribution in [1.82, 2.24) is 0 Å². The molecule has 2 aromatic carbocycles. The van der Waals surface area contributed by atoms with Gasteiger partial charge < -0.3 is 14.9 Å². The molecule has 1 aliphatic carbocycles. The minimum Gasteiger partial charge on any atom is -0.507 e. The minimum atomic E-state index is -0.639. The molecule has 1 aliphatic rings. The molecular formula is C20H18O6.